The van der Waals surface area contributed by atoms with E-state index in [4.69, 9.17) is 16.7 Å². The lowest BCUT2D eigenvalue weighted by Crippen LogP contribution is -2.32. The second kappa shape index (κ2) is 10.6. The number of nitrogens with one attached hydrogen (secondary N) is 1. The van der Waals surface area contributed by atoms with Crippen molar-refractivity contribution in [1.82, 2.24) is 15.1 Å². The number of hydrogen-bond donors (Lipinski definition) is 1. The molecule has 1 atom stereocenters. The first kappa shape index (κ1) is 22.2. The lowest BCUT2D eigenvalue weighted by molar-refractivity contribution is -0.124. The third-order valence-electron chi connectivity index (χ3n) is 5.99. The van der Waals surface area contributed by atoms with E-state index in [0.717, 1.165) is 39.6 Å². The molecule has 1 heterocycles. The van der Waals surface area contributed by atoms with Gasteiger partial charge in [-0.2, -0.15) is 16.9 Å². The van der Waals surface area contributed by atoms with Gasteiger partial charge in [0.25, 0.3) is 0 Å². The molecule has 4 rings (SSSR count). The van der Waals surface area contributed by atoms with Gasteiger partial charge in [0.05, 0.1) is 5.52 Å². The Kier molecular flexibility index (Phi) is 7.57. The monoisotopic (exact) mass is 455 g/mol. The van der Waals surface area contributed by atoms with E-state index in [1.807, 2.05) is 60.1 Å². The maximum absolute atomic E-state index is 12.9. The van der Waals surface area contributed by atoms with Crippen LogP contribution in [0.3, 0.4) is 0 Å². The summed E-state index contributed by atoms with van der Waals surface area (Å²) in [7, 11) is 0. The molecule has 1 aliphatic rings. The van der Waals surface area contributed by atoms with Gasteiger partial charge in [-0.05, 0) is 50.1 Å². The van der Waals surface area contributed by atoms with E-state index in [9.17, 15) is 4.79 Å². The molecule has 1 fully saturated rings. The highest BCUT2D eigenvalue weighted by molar-refractivity contribution is 7.99. The van der Waals surface area contributed by atoms with Crippen LogP contribution in [-0.4, -0.2) is 33.2 Å². The van der Waals surface area contributed by atoms with Crippen molar-refractivity contribution in [3.63, 3.8) is 0 Å². The fourth-order valence-electron chi connectivity index (χ4n) is 4.24. The van der Waals surface area contributed by atoms with Gasteiger partial charge in [-0.3, -0.25) is 9.48 Å². The zero-order chi connectivity index (χ0) is 21.6. The zero-order valence-corrected chi connectivity index (χ0v) is 19.6. The van der Waals surface area contributed by atoms with E-state index in [2.05, 4.69) is 17.1 Å². The largest absolute Gasteiger partial charge is 0.354 e. The van der Waals surface area contributed by atoms with E-state index >= 15 is 0 Å². The van der Waals surface area contributed by atoms with Gasteiger partial charge in [0.1, 0.15) is 11.7 Å². The van der Waals surface area contributed by atoms with E-state index in [1.165, 1.54) is 32.1 Å². The fraction of sp³-hybridized carbons (Fsp3) is 0.440. The molecule has 164 valence electrons. The zero-order valence-electron chi connectivity index (χ0n) is 18.0. The number of carbonyl (C=O) groups is 1. The van der Waals surface area contributed by atoms with Crippen LogP contribution < -0.4 is 5.32 Å². The van der Waals surface area contributed by atoms with Crippen LogP contribution in [-0.2, 0) is 4.79 Å². The Hall–Kier alpha value is -1.98. The Balaban J connectivity index is 1.41. The minimum atomic E-state index is -0.396. The molecule has 0 bridgehead atoms. The van der Waals surface area contributed by atoms with E-state index in [0.29, 0.717) is 11.6 Å². The van der Waals surface area contributed by atoms with Crippen LogP contribution in [0.2, 0.25) is 5.02 Å². The van der Waals surface area contributed by atoms with Crippen molar-refractivity contribution in [2.24, 2.45) is 0 Å². The first-order valence-electron chi connectivity index (χ1n) is 11.3. The molecule has 31 heavy (non-hydrogen) atoms. The number of benzene rings is 2. The summed E-state index contributed by atoms with van der Waals surface area (Å²) in [5, 5.41) is 10.4. The molecule has 1 N–H and O–H groups in total. The van der Waals surface area contributed by atoms with Gasteiger partial charge < -0.3 is 5.32 Å². The predicted molar refractivity (Wildman–Crippen MR) is 132 cm³/mol. The minimum absolute atomic E-state index is 0.00151. The molecule has 1 unspecified atom stereocenters. The van der Waals surface area contributed by atoms with Gasteiger partial charge in [0.15, 0.2) is 0 Å². The molecule has 0 radical (unpaired) electrons. The number of aromatic nitrogens is 2. The highest BCUT2D eigenvalue weighted by Crippen LogP contribution is 2.32. The summed E-state index contributed by atoms with van der Waals surface area (Å²) >= 11 is 8.34. The SMILES string of the molecule is CC(C(=O)NCCCSC1CCCCC1)n1nc(-c2ccccc2)c2cc(Cl)ccc21. The number of fused-ring (bicyclic) bond motifs is 1. The van der Waals surface area contributed by atoms with Crippen LogP contribution >= 0.6 is 23.4 Å². The predicted octanol–water partition coefficient (Wildman–Crippen LogP) is 6.49. The van der Waals surface area contributed by atoms with E-state index in [1.54, 1.807) is 0 Å². The van der Waals surface area contributed by atoms with Gasteiger partial charge >= 0.3 is 0 Å². The van der Waals surface area contributed by atoms with Gasteiger partial charge in [-0.25, -0.2) is 0 Å². The summed E-state index contributed by atoms with van der Waals surface area (Å²) < 4.78 is 1.82. The van der Waals surface area contributed by atoms with Crippen LogP contribution in [0.5, 0.6) is 0 Å². The maximum Gasteiger partial charge on any atom is 0.244 e. The number of amides is 1. The molecule has 1 aromatic heterocycles. The molecular formula is C25H30ClN3OS. The average molecular weight is 456 g/mol. The molecule has 4 nitrogen and oxygen atoms in total. The molecular weight excluding hydrogens is 426 g/mol. The molecule has 3 aromatic rings. The number of nitrogens with zero attached hydrogens (tertiary/aromatic N) is 2. The third-order valence-corrected chi connectivity index (χ3v) is 7.69. The standard InChI is InChI=1S/C25H30ClN3OS/c1-18(25(30)27-15-8-16-31-21-11-6-3-7-12-21)29-23-14-13-20(26)17-22(23)24(28-29)19-9-4-2-5-10-19/h2,4-5,9-10,13-14,17-18,21H,3,6-8,11-12,15-16H2,1H3,(H,27,30). The van der Waals surface area contributed by atoms with Crippen molar-refractivity contribution < 1.29 is 4.79 Å². The number of halogens is 1. The van der Waals surface area contributed by atoms with Crippen LogP contribution in [0.25, 0.3) is 22.2 Å². The molecule has 1 aliphatic carbocycles. The van der Waals surface area contributed by atoms with Crippen molar-refractivity contribution in [2.75, 3.05) is 12.3 Å². The maximum atomic E-state index is 12.9. The van der Waals surface area contributed by atoms with Gasteiger partial charge in [0.2, 0.25) is 5.91 Å². The lowest BCUT2D eigenvalue weighted by Gasteiger charge is -2.21. The molecule has 1 amide bonds. The number of rotatable bonds is 8. The van der Waals surface area contributed by atoms with Gasteiger partial charge in [-0.15, -0.1) is 0 Å². The van der Waals surface area contributed by atoms with Crippen molar-refractivity contribution >= 4 is 40.2 Å². The third kappa shape index (κ3) is 5.45. The summed E-state index contributed by atoms with van der Waals surface area (Å²) in [4.78, 5) is 12.9. The summed E-state index contributed by atoms with van der Waals surface area (Å²) in [5.74, 6) is 1.11. The number of carbonyl (C=O) groups excluding carboxylic acids is 1. The Bertz CT molecular complexity index is 1010. The summed E-state index contributed by atoms with van der Waals surface area (Å²) in [6, 6.07) is 15.4. The van der Waals surface area contributed by atoms with Crippen molar-refractivity contribution in [3.8, 4) is 11.3 Å². The van der Waals surface area contributed by atoms with Gasteiger partial charge in [-0.1, -0.05) is 61.2 Å². The normalized spacial score (nSPS) is 15.8. The Morgan fingerprint density at radius 1 is 1.19 bits per heavy atom. The van der Waals surface area contributed by atoms with E-state index < -0.39 is 6.04 Å². The average Bonchev–Trinajstić information content (AvgIpc) is 3.18. The molecule has 1 saturated carbocycles. The summed E-state index contributed by atoms with van der Waals surface area (Å²) in [6.07, 6.45) is 7.86. The summed E-state index contributed by atoms with van der Waals surface area (Å²) in [5.41, 5.74) is 2.78. The number of hydrogen-bond acceptors (Lipinski definition) is 3. The summed E-state index contributed by atoms with van der Waals surface area (Å²) in [6.45, 7) is 2.61. The number of thioether (sulfide) groups is 1. The molecule has 0 aliphatic heterocycles. The second-order valence-corrected chi connectivity index (χ2v) is 10.1. The Labute approximate surface area is 193 Å². The topological polar surface area (TPSA) is 46.9 Å². The molecule has 6 heteroatoms. The second-order valence-electron chi connectivity index (χ2n) is 8.27. The van der Waals surface area contributed by atoms with Crippen LogP contribution in [0.15, 0.2) is 48.5 Å². The van der Waals surface area contributed by atoms with Crippen LogP contribution in [0.4, 0.5) is 0 Å². The van der Waals surface area contributed by atoms with Crippen molar-refractivity contribution in [3.05, 3.63) is 53.6 Å². The Morgan fingerprint density at radius 3 is 2.74 bits per heavy atom. The highest BCUT2D eigenvalue weighted by atomic mass is 35.5. The van der Waals surface area contributed by atoms with Gasteiger partial charge in [0, 0.05) is 27.8 Å². The Morgan fingerprint density at radius 2 is 1.97 bits per heavy atom. The van der Waals surface area contributed by atoms with Crippen molar-refractivity contribution in [2.45, 2.75) is 56.7 Å². The molecule has 0 saturated heterocycles. The lowest BCUT2D eigenvalue weighted by atomic mass is 10.0. The quantitative estimate of drug-likeness (QED) is 0.395. The first-order chi connectivity index (χ1) is 15.1. The smallest absolute Gasteiger partial charge is 0.244 e. The van der Waals surface area contributed by atoms with Crippen LogP contribution in [0, 0.1) is 0 Å². The minimum Gasteiger partial charge on any atom is -0.354 e. The first-order valence-corrected chi connectivity index (χ1v) is 12.7. The van der Waals surface area contributed by atoms with Crippen molar-refractivity contribution in [1.29, 1.82) is 0 Å². The van der Waals surface area contributed by atoms with E-state index in [-0.39, 0.29) is 5.91 Å². The fourth-order valence-corrected chi connectivity index (χ4v) is 5.73. The van der Waals surface area contributed by atoms with Crippen LogP contribution in [0.1, 0.15) is 51.5 Å². The highest BCUT2D eigenvalue weighted by Gasteiger charge is 2.21. The molecule has 0 spiro atoms. The molecule has 2 aromatic carbocycles.